The van der Waals surface area contributed by atoms with Gasteiger partial charge in [0.25, 0.3) is 0 Å². The number of nitrogens with zero attached hydrogens (tertiary/aromatic N) is 3. The molecule has 2 unspecified atom stereocenters. The summed E-state index contributed by atoms with van der Waals surface area (Å²) in [5.41, 5.74) is 0. The lowest BCUT2D eigenvalue weighted by atomic mass is 10.1. The first-order valence-electron chi connectivity index (χ1n) is 7.53. The van der Waals surface area contributed by atoms with E-state index < -0.39 is 11.9 Å². The number of carbonyl (C=O) groups is 2. The first kappa shape index (κ1) is 15.1. The standard InChI is InChI=1S/C14H25N3O3/c1-3-15(9-11(2)13(18)19)14(20)17-8-7-16-6-4-5-12(16)10-17/h11-12H,3-10H2,1-2H3,(H,18,19). The van der Waals surface area contributed by atoms with Gasteiger partial charge in [-0.15, -0.1) is 0 Å². The Kier molecular flexibility index (Phi) is 4.86. The average molecular weight is 283 g/mol. The first-order chi connectivity index (χ1) is 9.52. The Morgan fingerprint density at radius 1 is 1.35 bits per heavy atom. The second kappa shape index (κ2) is 6.43. The van der Waals surface area contributed by atoms with Crippen LogP contribution in [0.2, 0.25) is 0 Å². The van der Waals surface area contributed by atoms with E-state index in [9.17, 15) is 9.59 Å². The number of rotatable bonds is 4. The van der Waals surface area contributed by atoms with Crippen LogP contribution in [-0.4, -0.2) is 77.1 Å². The Bertz CT molecular complexity index is 375. The summed E-state index contributed by atoms with van der Waals surface area (Å²) in [5, 5.41) is 8.98. The number of carboxylic acid groups (broad SMARTS) is 1. The van der Waals surface area contributed by atoms with Crippen LogP contribution in [-0.2, 0) is 4.79 Å². The molecule has 6 nitrogen and oxygen atoms in total. The minimum atomic E-state index is -0.850. The molecule has 0 radical (unpaired) electrons. The van der Waals surface area contributed by atoms with Crippen molar-refractivity contribution in [3.05, 3.63) is 0 Å². The normalized spacial score (nSPS) is 24.3. The van der Waals surface area contributed by atoms with Crippen LogP contribution in [0.15, 0.2) is 0 Å². The zero-order chi connectivity index (χ0) is 14.7. The van der Waals surface area contributed by atoms with Gasteiger partial charge in [0.1, 0.15) is 0 Å². The van der Waals surface area contributed by atoms with E-state index in [0.29, 0.717) is 12.6 Å². The third-order valence-corrected chi connectivity index (χ3v) is 4.43. The summed E-state index contributed by atoms with van der Waals surface area (Å²) in [5.74, 6) is -1.37. The Morgan fingerprint density at radius 2 is 2.10 bits per heavy atom. The summed E-state index contributed by atoms with van der Waals surface area (Å²) in [6.07, 6.45) is 2.39. The van der Waals surface area contributed by atoms with E-state index in [1.165, 1.54) is 12.8 Å². The molecule has 0 bridgehead atoms. The number of piperazine rings is 1. The Morgan fingerprint density at radius 3 is 2.75 bits per heavy atom. The molecule has 0 aromatic heterocycles. The summed E-state index contributed by atoms with van der Waals surface area (Å²) in [7, 11) is 0. The molecule has 6 heteroatoms. The van der Waals surface area contributed by atoms with E-state index in [2.05, 4.69) is 4.90 Å². The molecule has 2 amide bonds. The fourth-order valence-corrected chi connectivity index (χ4v) is 3.12. The molecule has 0 aromatic carbocycles. The topological polar surface area (TPSA) is 64.1 Å². The molecule has 0 saturated carbocycles. The zero-order valence-electron chi connectivity index (χ0n) is 12.4. The third-order valence-electron chi connectivity index (χ3n) is 4.43. The summed E-state index contributed by atoms with van der Waals surface area (Å²) < 4.78 is 0. The van der Waals surface area contributed by atoms with Crippen LogP contribution in [0.1, 0.15) is 26.7 Å². The van der Waals surface area contributed by atoms with Gasteiger partial charge in [-0.05, 0) is 26.3 Å². The van der Waals surface area contributed by atoms with E-state index in [1.807, 2.05) is 11.8 Å². The smallest absolute Gasteiger partial charge is 0.320 e. The number of hydrogen-bond donors (Lipinski definition) is 1. The molecule has 20 heavy (non-hydrogen) atoms. The van der Waals surface area contributed by atoms with Gasteiger partial charge in [-0.1, -0.05) is 6.92 Å². The highest BCUT2D eigenvalue weighted by molar-refractivity contribution is 5.76. The van der Waals surface area contributed by atoms with Crippen molar-refractivity contribution >= 4 is 12.0 Å². The molecule has 2 rings (SSSR count). The molecule has 2 aliphatic heterocycles. The van der Waals surface area contributed by atoms with Crippen molar-refractivity contribution in [1.29, 1.82) is 0 Å². The van der Waals surface area contributed by atoms with Crippen LogP contribution >= 0.6 is 0 Å². The van der Waals surface area contributed by atoms with Crippen molar-refractivity contribution in [2.75, 3.05) is 39.3 Å². The minimum Gasteiger partial charge on any atom is -0.481 e. The predicted molar refractivity (Wildman–Crippen MR) is 75.6 cm³/mol. The fourth-order valence-electron chi connectivity index (χ4n) is 3.12. The van der Waals surface area contributed by atoms with Crippen LogP contribution in [0.4, 0.5) is 4.79 Å². The van der Waals surface area contributed by atoms with Crippen molar-refractivity contribution in [2.45, 2.75) is 32.7 Å². The monoisotopic (exact) mass is 283 g/mol. The zero-order valence-corrected chi connectivity index (χ0v) is 12.4. The second-order valence-corrected chi connectivity index (χ2v) is 5.84. The number of carbonyl (C=O) groups excluding carboxylic acids is 1. The molecule has 114 valence electrons. The molecular formula is C14H25N3O3. The highest BCUT2D eigenvalue weighted by Crippen LogP contribution is 2.22. The quantitative estimate of drug-likeness (QED) is 0.833. The lowest BCUT2D eigenvalue weighted by Crippen LogP contribution is -2.56. The molecule has 2 aliphatic rings. The molecule has 2 saturated heterocycles. The highest BCUT2D eigenvalue weighted by atomic mass is 16.4. The molecule has 1 N–H and O–H groups in total. The van der Waals surface area contributed by atoms with Crippen LogP contribution < -0.4 is 0 Å². The van der Waals surface area contributed by atoms with Crippen molar-refractivity contribution in [1.82, 2.24) is 14.7 Å². The highest BCUT2D eigenvalue weighted by Gasteiger charge is 2.34. The largest absolute Gasteiger partial charge is 0.481 e. The van der Waals surface area contributed by atoms with Gasteiger partial charge in [0.05, 0.1) is 5.92 Å². The minimum absolute atomic E-state index is 0.00727. The number of aliphatic carboxylic acids is 1. The first-order valence-corrected chi connectivity index (χ1v) is 7.53. The van der Waals surface area contributed by atoms with Crippen molar-refractivity contribution in [3.63, 3.8) is 0 Å². The SMILES string of the molecule is CCN(CC(C)C(=O)O)C(=O)N1CCN2CCCC2C1. The van der Waals surface area contributed by atoms with E-state index in [1.54, 1.807) is 11.8 Å². The van der Waals surface area contributed by atoms with E-state index in [4.69, 9.17) is 5.11 Å². The van der Waals surface area contributed by atoms with Crippen molar-refractivity contribution in [2.24, 2.45) is 5.92 Å². The molecule has 0 aromatic rings. The second-order valence-electron chi connectivity index (χ2n) is 5.84. The van der Waals surface area contributed by atoms with Gasteiger partial charge in [-0.2, -0.15) is 0 Å². The molecule has 2 fully saturated rings. The summed E-state index contributed by atoms with van der Waals surface area (Å²) in [6, 6.07) is 0.496. The predicted octanol–water partition coefficient (Wildman–Crippen LogP) is 0.929. The van der Waals surface area contributed by atoms with E-state index in [0.717, 1.165) is 26.2 Å². The van der Waals surface area contributed by atoms with Crippen molar-refractivity contribution < 1.29 is 14.7 Å². The van der Waals surface area contributed by atoms with E-state index >= 15 is 0 Å². The van der Waals surface area contributed by atoms with Gasteiger partial charge in [0, 0.05) is 38.8 Å². The number of amides is 2. The van der Waals surface area contributed by atoms with Gasteiger partial charge in [0.2, 0.25) is 0 Å². The number of urea groups is 1. The van der Waals surface area contributed by atoms with E-state index in [-0.39, 0.29) is 12.6 Å². The lowest BCUT2D eigenvalue weighted by Gasteiger charge is -2.39. The number of carboxylic acids is 1. The fraction of sp³-hybridized carbons (Fsp3) is 0.857. The van der Waals surface area contributed by atoms with Crippen LogP contribution in [0.5, 0.6) is 0 Å². The van der Waals surface area contributed by atoms with Gasteiger partial charge in [0.15, 0.2) is 0 Å². The van der Waals surface area contributed by atoms with Crippen molar-refractivity contribution in [3.8, 4) is 0 Å². The maximum absolute atomic E-state index is 12.5. The van der Waals surface area contributed by atoms with Crippen LogP contribution in [0.25, 0.3) is 0 Å². The van der Waals surface area contributed by atoms with Gasteiger partial charge < -0.3 is 14.9 Å². The summed E-state index contributed by atoms with van der Waals surface area (Å²) in [6.45, 7) is 8.04. The van der Waals surface area contributed by atoms with Gasteiger partial charge in [-0.3, -0.25) is 9.69 Å². The molecule has 0 spiro atoms. The average Bonchev–Trinajstić information content (AvgIpc) is 2.90. The number of fused-ring (bicyclic) bond motifs is 1. The summed E-state index contributed by atoms with van der Waals surface area (Å²) >= 11 is 0. The van der Waals surface area contributed by atoms with Crippen LogP contribution in [0, 0.1) is 5.92 Å². The Balaban J connectivity index is 1.92. The molecule has 2 heterocycles. The third kappa shape index (κ3) is 3.23. The maximum atomic E-state index is 12.5. The Labute approximate surface area is 120 Å². The maximum Gasteiger partial charge on any atom is 0.320 e. The van der Waals surface area contributed by atoms with Gasteiger partial charge in [-0.25, -0.2) is 4.79 Å². The molecule has 2 atom stereocenters. The summed E-state index contributed by atoms with van der Waals surface area (Å²) in [4.78, 5) is 29.5. The lowest BCUT2D eigenvalue weighted by molar-refractivity contribution is -0.141. The molecule has 0 aliphatic carbocycles. The van der Waals surface area contributed by atoms with Gasteiger partial charge >= 0.3 is 12.0 Å². The van der Waals surface area contributed by atoms with Crippen LogP contribution in [0.3, 0.4) is 0 Å². The number of hydrogen-bond acceptors (Lipinski definition) is 3. The molecular weight excluding hydrogens is 258 g/mol. The Hall–Kier alpha value is -1.30.